The van der Waals surface area contributed by atoms with Crippen molar-refractivity contribution in [2.24, 2.45) is 5.73 Å². The van der Waals surface area contributed by atoms with Gasteiger partial charge in [0.2, 0.25) is 0 Å². The van der Waals surface area contributed by atoms with E-state index in [1.165, 1.54) is 5.56 Å². The zero-order valence-electron chi connectivity index (χ0n) is 11.5. The fraction of sp³-hybridized carbons (Fsp3) is 0.250. The van der Waals surface area contributed by atoms with Crippen LogP contribution in [0.4, 0.5) is 0 Å². The lowest BCUT2D eigenvalue weighted by molar-refractivity contribution is 0.217. The van der Waals surface area contributed by atoms with Crippen LogP contribution in [-0.4, -0.2) is 19.8 Å². The molecule has 0 radical (unpaired) electrons. The number of nitrogens with two attached hydrogens (primary N) is 1. The van der Waals surface area contributed by atoms with E-state index in [1.807, 2.05) is 24.3 Å². The second-order valence-corrected chi connectivity index (χ2v) is 5.30. The van der Waals surface area contributed by atoms with Gasteiger partial charge in [0.25, 0.3) is 0 Å². The molecule has 2 rings (SSSR count). The number of rotatable bonds is 7. The summed E-state index contributed by atoms with van der Waals surface area (Å²) in [6.07, 6.45) is 0.873. The van der Waals surface area contributed by atoms with Crippen LogP contribution in [0.2, 0.25) is 10.0 Å². The van der Waals surface area contributed by atoms with Gasteiger partial charge in [-0.15, -0.1) is 0 Å². The van der Waals surface area contributed by atoms with Gasteiger partial charge in [0.1, 0.15) is 24.7 Å². The molecule has 112 valence electrons. The van der Waals surface area contributed by atoms with Gasteiger partial charge in [-0.25, -0.2) is 0 Å². The van der Waals surface area contributed by atoms with Gasteiger partial charge in [-0.1, -0.05) is 35.3 Å². The summed E-state index contributed by atoms with van der Waals surface area (Å²) < 4.78 is 11.1. The van der Waals surface area contributed by atoms with Crippen LogP contribution >= 0.6 is 23.2 Å². The van der Waals surface area contributed by atoms with Gasteiger partial charge < -0.3 is 15.2 Å². The van der Waals surface area contributed by atoms with E-state index >= 15 is 0 Å². The van der Waals surface area contributed by atoms with Crippen LogP contribution in [0.3, 0.4) is 0 Å². The van der Waals surface area contributed by atoms with E-state index < -0.39 is 0 Å². The average molecular weight is 326 g/mol. The SMILES string of the molecule is NCCc1ccc(OCCOc2ccc(Cl)cc2Cl)cc1. The van der Waals surface area contributed by atoms with Crippen molar-refractivity contribution < 1.29 is 9.47 Å². The fourth-order valence-electron chi connectivity index (χ4n) is 1.82. The maximum absolute atomic E-state index is 6.01. The van der Waals surface area contributed by atoms with E-state index in [2.05, 4.69) is 0 Å². The Hall–Kier alpha value is -1.42. The highest BCUT2D eigenvalue weighted by molar-refractivity contribution is 6.35. The minimum absolute atomic E-state index is 0.409. The average Bonchev–Trinajstić information content (AvgIpc) is 2.47. The zero-order valence-corrected chi connectivity index (χ0v) is 13.0. The Balaban J connectivity index is 1.76. The standard InChI is InChI=1S/C16H17Cl2NO2/c17-13-3-6-16(15(18)11-13)21-10-9-20-14-4-1-12(2-5-14)7-8-19/h1-6,11H,7-10,19H2. The summed E-state index contributed by atoms with van der Waals surface area (Å²) in [4.78, 5) is 0. The molecule has 0 saturated heterocycles. The van der Waals surface area contributed by atoms with Crippen molar-refractivity contribution in [1.82, 2.24) is 0 Å². The van der Waals surface area contributed by atoms with Crippen LogP contribution in [0.5, 0.6) is 11.5 Å². The molecule has 0 heterocycles. The molecule has 5 heteroatoms. The highest BCUT2D eigenvalue weighted by Crippen LogP contribution is 2.27. The molecule has 0 aliphatic heterocycles. The number of benzene rings is 2. The van der Waals surface area contributed by atoms with Crippen LogP contribution in [0.25, 0.3) is 0 Å². The predicted octanol–water partition coefficient (Wildman–Crippen LogP) is 3.95. The highest BCUT2D eigenvalue weighted by atomic mass is 35.5. The molecule has 0 saturated carbocycles. The smallest absolute Gasteiger partial charge is 0.138 e. The molecule has 0 aromatic heterocycles. The number of ether oxygens (including phenoxy) is 2. The largest absolute Gasteiger partial charge is 0.490 e. The first-order valence-electron chi connectivity index (χ1n) is 6.68. The molecule has 2 aromatic rings. The first-order chi connectivity index (χ1) is 10.2. The molecule has 2 N–H and O–H groups in total. The van der Waals surface area contributed by atoms with Crippen LogP contribution in [-0.2, 0) is 6.42 Å². The van der Waals surface area contributed by atoms with E-state index in [9.17, 15) is 0 Å². The lowest BCUT2D eigenvalue weighted by atomic mass is 10.1. The first-order valence-corrected chi connectivity index (χ1v) is 7.44. The van der Waals surface area contributed by atoms with E-state index in [0.717, 1.165) is 12.2 Å². The van der Waals surface area contributed by atoms with Crippen molar-refractivity contribution in [1.29, 1.82) is 0 Å². The Bertz CT molecular complexity index is 573. The van der Waals surface area contributed by atoms with E-state index in [0.29, 0.717) is 35.6 Å². The summed E-state index contributed by atoms with van der Waals surface area (Å²) in [5, 5.41) is 1.08. The monoisotopic (exact) mass is 325 g/mol. The molecular formula is C16H17Cl2NO2. The minimum Gasteiger partial charge on any atom is -0.490 e. The van der Waals surface area contributed by atoms with Crippen molar-refractivity contribution in [3.63, 3.8) is 0 Å². The maximum Gasteiger partial charge on any atom is 0.138 e. The molecule has 0 unspecified atom stereocenters. The zero-order chi connectivity index (χ0) is 15.1. The van der Waals surface area contributed by atoms with E-state index in [-0.39, 0.29) is 0 Å². The Morgan fingerprint density at radius 2 is 1.62 bits per heavy atom. The fourth-order valence-corrected chi connectivity index (χ4v) is 2.29. The molecular weight excluding hydrogens is 309 g/mol. The lowest BCUT2D eigenvalue weighted by Gasteiger charge is -2.10. The summed E-state index contributed by atoms with van der Waals surface area (Å²) in [5.74, 6) is 1.41. The molecule has 0 spiro atoms. The Labute approximate surface area is 134 Å². The molecule has 0 aliphatic carbocycles. The molecule has 0 aliphatic rings. The van der Waals surface area contributed by atoms with Crippen LogP contribution in [0.15, 0.2) is 42.5 Å². The van der Waals surface area contributed by atoms with Gasteiger partial charge in [0, 0.05) is 5.02 Å². The summed E-state index contributed by atoms with van der Waals surface area (Å²) in [7, 11) is 0. The maximum atomic E-state index is 6.01. The Kier molecular flexibility index (Phi) is 6.18. The third-order valence-corrected chi connectivity index (χ3v) is 3.39. The third kappa shape index (κ3) is 5.12. The summed E-state index contributed by atoms with van der Waals surface area (Å²) >= 11 is 11.8. The molecule has 3 nitrogen and oxygen atoms in total. The van der Waals surface area contributed by atoms with Crippen molar-refractivity contribution in [2.75, 3.05) is 19.8 Å². The molecule has 0 atom stereocenters. The second-order valence-electron chi connectivity index (χ2n) is 4.45. The van der Waals surface area contributed by atoms with Gasteiger partial charge in [0.05, 0.1) is 5.02 Å². The summed E-state index contributed by atoms with van der Waals surface area (Å²) in [6.45, 7) is 1.50. The lowest BCUT2D eigenvalue weighted by Crippen LogP contribution is -2.09. The van der Waals surface area contributed by atoms with Crippen LogP contribution < -0.4 is 15.2 Å². The Morgan fingerprint density at radius 3 is 2.29 bits per heavy atom. The molecule has 0 fully saturated rings. The quantitative estimate of drug-likeness (QED) is 0.784. The summed E-state index contributed by atoms with van der Waals surface area (Å²) in [6, 6.07) is 13.0. The second kappa shape index (κ2) is 8.13. The summed E-state index contributed by atoms with van der Waals surface area (Å²) in [5.41, 5.74) is 6.71. The predicted molar refractivity (Wildman–Crippen MR) is 86.7 cm³/mol. The molecule has 0 amide bonds. The molecule has 0 bridgehead atoms. The highest BCUT2D eigenvalue weighted by Gasteiger charge is 2.02. The number of halogens is 2. The molecule has 21 heavy (non-hydrogen) atoms. The van der Waals surface area contributed by atoms with Crippen molar-refractivity contribution in [3.8, 4) is 11.5 Å². The normalized spacial score (nSPS) is 10.4. The van der Waals surface area contributed by atoms with Gasteiger partial charge in [0.15, 0.2) is 0 Å². The molecule has 2 aromatic carbocycles. The minimum atomic E-state index is 0.409. The van der Waals surface area contributed by atoms with Crippen molar-refractivity contribution in [3.05, 3.63) is 58.1 Å². The van der Waals surface area contributed by atoms with Crippen molar-refractivity contribution in [2.45, 2.75) is 6.42 Å². The van der Waals surface area contributed by atoms with E-state index in [4.69, 9.17) is 38.4 Å². The van der Waals surface area contributed by atoms with Gasteiger partial charge in [-0.3, -0.25) is 0 Å². The van der Waals surface area contributed by atoms with E-state index in [1.54, 1.807) is 18.2 Å². The van der Waals surface area contributed by atoms with Gasteiger partial charge >= 0.3 is 0 Å². The van der Waals surface area contributed by atoms with Gasteiger partial charge in [-0.05, 0) is 48.9 Å². The third-order valence-electron chi connectivity index (χ3n) is 2.86. The first kappa shape index (κ1) is 16.0. The number of hydrogen-bond acceptors (Lipinski definition) is 3. The van der Waals surface area contributed by atoms with Gasteiger partial charge in [-0.2, -0.15) is 0 Å². The Morgan fingerprint density at radius 1 is 0.905 bits per heavy atom. The number of hydrogen-bond donors (Lipinski definition) is 1. The van der Waals surface area contributed by atoms with Crippen LogP contribution in [0, 0.1) is 0 Å². The topological polar surface area (TPSA) is 44.5 Å². The van der Waals surface area contributed by atoms with Crippen LogP contribution in [0.1, 0.15) is 5.56 Å². The van der Waals surface area contributed by atoms with Crippen molar-refractivity contribution >= 4 is 23.2 Å².